The van der Waals surface area contributed by atoms with Crippen LogP contribution in [0.3, 0.4) is 0 Å². The van der Waals surface area contributed by atoms with Crippen LogP contribution < -0.4 is 10.1 Å². The van der Waals surface area contributed by atoms with Crippen LogP contribution in [0.4, 0.5) is 5.69 Å². The Morgan fingerprint density at radius 3 is 2.74 bits per heavy atom. The number of hydrogen-bond acceptors (Lipinski definition) is 3. The predicted molar refractivity (Wildman–Crippen MR) is 91.7 cm³/mol. The minimum Gasteiger partial charge on any atom is -0.497 e. The fourth-order valence-corrected chi connectivity index (χ4v) is 2.49. The molecular formula is C19H18N2O2. The number of carbonyl (C=O) groups is 1. The summed E-state index contributed by atoms with van der Waals surface area (Å²) in [5.74, 6) is 0.665. The molecule has 0 spiro atoms. The Morgan fingerprint density at radius 2 is 1.96 bits per heavy atom. The summed E-state index contributed by atoms with van der Waals surface area (Å²) in [6, 6.07) is 17.5. The summed E-state index contributed by atoms with van der Waals surface area (Å²) in [6.45, 7) is 0. The number of ether oxygens (including phenoxy) is 1. The van der Waals surface area contributed by atoms with Crippen molar-refractivity contribution in [3.05, 3.63) is 66.4 Å². The highest BCUT2D eigenvalue weighted by atomic mass is 16.5. The first-order chi connectivity index (χ1) is 11.3. The molecule has 0 aliphatic carbocycles. The first-order valence-electron chi connectivity index (χ1n) is 7.53. The van der Waals surface area contributed by atoms with Crippen molar-refractivity contribution in [2.24, 2.45) is 0 Å². The van der Waals surface area contributed by atoms with Crippen LogP contribution >= 0.6 is 0 Å². The van der Waals surface area contributed by atoms with Gasteiger partial charge in [-0.15, -0.1) is 0 Å². The molecule has 3 aromatic rings. The van der Waals surface area contributed by atoms with Gasteiger partial charge in [-0.05, 0) is 24.1 Å². The number of fused-ring (bicyclic) bond motifs is 1. The normalized spacial score (nSPS) is 10.5. The minimum atomic E-state index is -0.0333. The average Bonchev–Trinajstić information content (AvgIpc) is 2.60. The van der Waals surface area contributed by atoms with Gasteiger partial charge in [-0.2, -0.15) is 0 Å². The third-order valence-electron chi connectivity index (χ3n) is 3.67. The van der Waals surface area contributed by atoms with E-state index in [1.807, 2.05) is 48.5 Å². The summed E-state index contributed by atoms with van der Waals surface area (Å²) in [5, 5.41) is 3.88. The third-order valence-corrected chi connectivity index (χ3v) is 3.67. The van der Waals surface area contributed by atoms with E-state index in [2.05, 4.69) is 10.3 Å². The lowest BCUT2D eigenvalue weighted by Crippen LogP contribution is -2.13. The lowest BCUT2D eigenvalue weighted by molar-refractivity contribution is -0.116. The zero-order valence-corrected chi connectivity index (χ0v) is 13.0. The van der Waals surface area contributed by atoms with E-state index in [4.69, 9.17) is 4.74 Å². The zero-order valence-electron chi connectivity index (χ0n) is 13.0. The third kappa shape index (κ3) is 3.66. The molecule has 4 nitrogen and oxygen atoms in total. The molecule has 1 heterocycles. The number of pyridine rings is 1. The second kappa shape index (κ2) is 6.92. The first kappa shape index (κ1) is 15.0. The number of benzene rings is 2. The molecule has 0 atom stereocenters. The highest BCUT2D eigenvalue weighted by Crippen LogP contribution is 2.27. The van der Waals surface area contributed by atoms with Gasteiger partial charge in [0.1, 0.15) is 5.75 Å². The number of nitrogens with zero attached hydrogens (tertiary/aromatic N) is 1. The molecule has 23 heavy (non-hydrogen) atoms. The largest absolute Gasteiger partial charge is 0.497 e. The van der Waals surface area contributed by atoms with Gasteiger partial charge in [-0.3, -0.25) is 9.78 Å². The van der Waals surface area contributed by atoms with Gasteiger partial charge in [0.05, 0.1) is 18.3 Å². The van der Waals surface area contributed by atoms with Crippen molar-refractivity contribution in [1.29, 1.82) is 0 Å². The summed E-state index contributed by atoms with van der Waals surface area (Å²) in [6.07, 6.45) is 2.85. The predicted octanol–water partition coefficient (Wildman–Crippen LogP) is 3.81. The molecule has 0 aliphatic heterocycles. The Balaban J connectivity index is 1.76. The number of aromatic nitrogens is 1. The SMILES string of the molecule is COc1cc(NC(=O)CCc2ccccc2)c2ncccc2c1. The highest BCUT2D eigenvalue weighted by molar-refractivity contribution is 6.01. The van der Waals surface area contributed by atoms with Crippen molar-refractivity contribution >= 4 is 22.5 Å². The molecule has 2 aromatic carbocycles. The lowest BCUT2D eigenvalue weighted by atomic mass is 10.1. The number of anilines is 1. The van der Waals surface area contributed by atoms with Gasteiger partial charge in [0.25, 0.3) is 0 Å². The van der Waals surface area contributed by atoms with Crippen LogP contribution in [0, 0.1) is 0 Å². The molecule has 0 radical (unpaired) electrons. The number of amides is 1. The number of hydrogen-bond donors (Lipinski definition) is 1. The standard InChI is InChI=1S/C19H18N2O2/c1-23-16-12-15-8-5-11-20-19(15)17(13-16)21-18(22)10-9-14-6-3-2-4-7-14/h2-8,11-13H,9-10H2,1H3,(H,21,22). The molecule has 1 aromatic heterocycles. The Bertz CT molecular complexity index is 816. The number of methoxy groups -OCH3 is 1. The van der Waals surface area contributed by atoms with Crippen molar-refractivity contribution in [2.75, 3.05) is 12.4 Å². The topological polar surface area (TPSA) is 51.2 Å². The molecule has 0 aliphatic rings. The van der Waals surface area contributed by atoms with E-state index in [0.717, 1.165) is 16.5 Å². The van der Waals surface area contributed by atoms with Gasteiger partial charge in [0.2, 0.25) is 5.91 Å². The molecule has 116 valence electrons. The van der Waals surface area contributed by atoms with Crippen LogP contribution in [0.2, 0.25) is 0 Å². The van der Waals surface area contributed by atoms with E-state index in [9.17, 15) is 4.79 Å². The fourth-order valence-electron chi connectivity index (χ4n) is 2.49. The van der Waals surface area contributed by atoms with Gasteiger partial charge in [-0.25, -0.2) is 0 Å². The fraction of sp³-hybridized carbons (Fsp3) is 0.158. The molecular weight excluding hydrogens is 288 g/mol. The van der Waals surface area contributed by atoms with Crippen molar-refractivity contribution in [3.63, 3.8) is 0 Å². The van der Waals surface area contributed by atoms with Gasteiger partial charge < -0.3 is 10.1 Å². The number of nitrogens with one attached hydrogen (secondary N) is 1. The Morgan fingerprint density at radius 1 is 1.13 bits per heavy atom. The summed E-state index contributed by atoms with van der Waals surface area (Å²) in [7, 11) is 1.61. The summed E-state index contributed by atoms with van der Waals surface area (Å²) >= 11 is 0. The quantitative estimate of drug-likeness (QED) is 0.779. The summed E-state index contributed by atoms with van der Waals surface area (Å²) in [4.78, 5) is 16.6. The van der Waals surface area contributed by atoms with E-state index in [0.29, 0.717) is 24.3 Å². The zero-order chi connectivity index (χ0) is 16.1. The monoisotopic (exact) mass is 306 g/mol. The first-order valence-corrected chi connectivity index (χ1v) is 7.53. The average molecular weight is 306 g/mol. The molecule has 0 bridgehead atoms. The minimum absolute atomic E-state index is 0.0333. The maximum Gasteiger partial charge on any atom is 0.224 e. The van der Waals surface area contributed by atoms with E-state index < -0.39 is 0 Å². The number of rotatable bonds is 5. The van der Waals surface area contributed by atoms with Gasteiger partial charge in [0, 0.05) is 24.1 Å². The van der Waals surface area contributed by atoms with Gasteiger partial charge in [0.15, 0.2) is 0 Å². The van der Waals surface area contributed by atoms with Crippen LogP contribution in [0.1, 0.15) is 12.0 Å². The van der Waals surface area contributed by atoms with Crippen LogP contribution in [-0.4, -0.2) is 18.0 Å². The lowest BCUT2D eigenvalue weighted by Gasteiger charge is -2.10. The second-order valence-corrected chi connectivity index (χ2v) is 5.28. The van der Waals surface area contributed by atoms with E-state index in [1.54, 1.807) is 19.4 Å². The van der Waals surface area contributed by atoms with E-state index >= 15 is 0 Å². The maximum atomic E-state index is 12.2. The van der Waals surface area contributed by atoms with Crippen molar-refractivity contribution in [1.82, 2.24) is 4.98 Å². The molecule has 4 heteroatoms. The Hall–Kier alpha value is -2.88. The molecule has 0 fully saturated rings. The molecule has 1 N–H and O–H groups in total. The van der Waals surface area contributed by atoms with Crippen molar-refractivity contribution < 1.29 is 9.53 Å². The van der Waals surface area contributed by atoms with Crippen LogP contribution in [0.25, 0.3) is 10.9 Å². The summed E-state index contributed by atoms with van der Waals surface area (Å²) < 4.78 is 5.29. The Labute approximate surface area is 135 Å². The summed E-state index contributed by atoms with van der Waals surface area (Å²) in [5.41, 5.74) is 2.59. The highest BCUT2D eigenvalue weighted by Gasteiger charge is 2.09. The van der Waals surface area contributed by atoms with Crippen LogP contribution in [-0.2, 0) is 11.2 Å². The van der Waals surface area contributed by atoms with Crippen molar-refractivity contribution in [2.45, 2.75) is 12.8 Å². The number of aryl methyl sites for hydroxylation is 1. The van der Waals surface area contributed by atoms with Gasteiger partial charge in [-0.1, -0.05) is 36.4 Å². The van der Waals surface area contributed by atoms with E-state index in [-0.39, 0.29) is 5.91 Å². The Kier molecular flexibility index (Phi) is 4.52. The number of carbonyl (C=O) groups excluding carboxylic acids is 1. The van der Waals surface area contributed by atoms with Crippen LogP contribution in [0.15, 0.2) is 60.8 Å². The maximum absolute atomic E-state index is 12.2. The smallest absolute Gasteiger partial charge is 0.224 e. The van der Waals surface area contributed by atoms with E-state index in [1.165, 1.54) is 0 Å². The second-order valence-electron chi connectivity index (χ2n) is 5.28. The molecule has 3 rings (SSSR count). The van der Waals surface area contributed by atoms with Gasteiger partial charge >= 0.3 is 0 Å². The molecule has 0 saturated carbocycles. The molecule has 1 amide bonds. The van der Waals surface area contributed by atoms with Crippen LogP contribution in [0.5, 0.6) is 5.75 Å². The van der Waals surface area contributed by atoms with Crippen molar-refractivity contribution in [3.8, 4) is 5.75 Å². The molecule has 0 unspecified atom stereocenters. The molecule has 0 saturated heterocycles.